The molecule has 0 amide bonds. The molecule has 0 saturated carbocycles. The number of halogens is 1. The highest BCUT2D eigenvalue weighted by atomic mass is 127. The molecule has 0 atom stereocenters. The van der Waals surface area contributed by atoms with E-state index in [-0.39, 0.29) is 29.4 Å². The highest BCUT2D eigenvalue weighted by Crippen LogP contribution is 2.35. The lowest BCUT2D eigenvalue weighted by molar-refractivity contribution is 0.0530. The van der Waals surface area contributed by atoms with Crippen molar-refractivity contribution in [3.8, 4) is 5.75 Å². The van der Waals surface area contributed by atoms with Crippen molar-refractivity contribution >= 4 is 29.9 Å². The second-order valence-electron chi connectivity index (χ2n) is 7.60. The molecule has 0 aromatic heterocycles. The molecule has 0 aliphatic carbocycles. The van der Waals surface area contributed by atoms with Gasteiger partial charge < -0.3 is 19.7 Å². The fourth-order valence-corrected chi connectivity index (χ4v) is 3.95. The summed E-state index contributed by atoms with van der Waals surface area (Å²) in [5.74, 6) is 1.82. The molecule has 3 rings (SSSR count). The molecule has 1 aliphatic rings. The van der Waals surface area contributed by atoms with Gasteiger partial charge in [0.15, 0.2) is 5.96 Å². The van der Waals surface area contributed by atoms with Crippen LogP contribution in [0.3, 0.4) is 0 Å². The van der Waals surface area contributed by atoms with Crippen LogP contribution < -0.4 is 10.1 Å². The molecule has 2 aromatic carbocycles. The van der Waals surface area contributed by atoms with Crippen molar-refractivity contribution in [3.05, 3.63) is 65.7 Å². The summed E-state index contributed by atoms with van der Waals surface area (Å²) in [5.41, 5.74) is 2.54. The maximum Gasteiger partial charge on any atom is 0.193 e. The number of nitrogens with zero attached hydrogens (tertiary/aromatic N) is 2. The van der Waals surface area contributed by atoms with Crippen LogP contribution >= 0.6 is 24.0 Å². The summed E-state index contributed by atoms with van der Waals surface area (Å²) in [6, 6.07) is 18.9. The van der Waals surface area contributed by atoms with Crippen molar-refractivity contribution in [3.63, 3.8) is 0 Å². The Bertz CT molecular complexity index is 792. The van der Waals surface area contributed by atoms with Gasteiger partial charge in [0.25, 0.3) is 0 Å². The predicted octanol–water partition coefficient (Wildman–Crippen LogP) is 4.46. The lowest BCUT2D eigenvalue weighted by Crippen LogP contribution is -2.41. The average molecular weight is 523 g/mol. The molecular formula is C24H34IN3O2. The van der Waals surface area contributed by atoms with E-state index >= 15 is 0 Å². The number of ether oxygens (including phenoxy) is 2. The van der Waals surface area contributed by atoms with E-state index in [2.05, 4.69) is 60.6 Å². The topological polar surface area (TPSA) is 46.1 Å². The van der Waals surface area contributed by atoms with E-state index in [0.717, 1.165) is 63.0 Å². The molecule has 1 saturated heterocycles. The third-order valence-electron chi connectivity index (χ3n) is 5.66. The van der Waals surface area contributed by atoms with Crippen LogP contribution in [0.15, 0.2) is 59.6 Å². The molecule has 0 bridgehead atoms. The van der Waals surface area contributed by atoms with Gasteiger partial charge in [0, 0.05) is 44.3 Å². The van der Waals surface area contributed by atoms with Crippen LogP contribution in [-0.2, 0) is 16.7 Å². The quantitative estimate of drug-likeness (QED) is 0.331. The fourth-order valence-electron chi connectivity index (χ4n) is 3.95. The minimum atomic E-state index is 0. The van der Waals surface area contributed by atoms with Gasteiger partial charge in [-0.3, -0.25) is 4.99 Å². The van der Waals surface area contributed by atoms with E-state index in [1.165, 1.54) is 5.56 Å². The molecule has 1 aliphatic heterocycles. The maximum absolute atomic E-state index is 5.66. The van der Waals surface area contributed by atoms with Gasteiger partial charge in [-0.25, -0.2) is 0 Å². The second kappa shape index (κ2) is 12.2. The van der Waals surface area contributed by atoms with Crippen molar-refractivity contribution in [1.82, 2.24) is 10.2 Å². The highest BCUT2D eigenvalue weighted by molar-refractivity contribution is 14.0. The molecule has 0 unspecified atom stereocenters. The Morgan fingerprint density at radius 2 is 1.77 bits per heavy atom. The fraction of sp³-hybridized carbons (Fsp3) is 0.458. The summed E-state index contributed by atoms with van der Waals surface area (Å²) >= 11 is 0. The number of benzene rings is 2. The van der Waals surface area contributed by atoms with Crippen LogP contribution in [0.5, 0.6) is 5.75 Å². The first-order valence-corrected chi connectivity index (χ1v) is 10.4. The summed E-state index contributed by atoms with van der Waals surface area (Å²) in [4.78, 5) is 7.24. The first-order chi connectivity index (χ1) is 14.2. The van der Waals surface area contributed by atoms with E-state index in [1.807, 2.05) is 18.2 Å². The predicted molar refractivity (Wildman–Crippen MR) is 134 cm³/mol. The van der Waals surface area contributed by atoms with Gasteiger partial charge in [0.05, 0.1) is 13.7 Å². The van der Waals surface area contributed by atoms with Crippen molar-refractivity contribution < 1.29 is 9.47 Å². The lowest BCUT2D eigenvalue weighted by Gasteiger charge is -2.37. The molecule has 1 fully saturated rings. The monoisotopic (exact) mass is 523 g/mol. The molecule has 0 radical (unpaired) electrons. The first kappa shape index (κ1) is 24.5. The van der Waals surface area contributed by atoms with Gasteiger partial charge >= 0.3 is 0 Å². The maximum atomic E-state index is 5.66. The number of methoxy groups -OCH3 is 1. The SMILES string of the molecule is CCNC(=NCC1(c2ccccc2)CCOCC1)N(C)Cc1ccccc1OC.I. The third kappa shape index (κ3) is 6.11. The highest BCUT2D eigenvalue weighted by Gasteiger charge is 2.34. The van der Waals surface area contributed by atoms with Gasteiger partial charge in [-0.05, 0) is 31.4 Å². The molecule has 2 aromatic rings. The normalized spacial score (nSPS) is 15.8. The summed E-state index contributed by atoms with van der Waals surface area (Å²) in [6.45, 7) is 6.00. The van der Waals surface area contributed by atoms with Crippen LogP contribution in [0.1, 0.15) is 30.9 Å². The Morgan fingerprint density at radius 1 is 1.10 bits per heavy atom. The number of hydrogen-bond donors (Lipinski definition) is 1. The Kier molecular flexibility index (Phi) is 9.91. The molecule has 30 heavy (non-hydrogen) atoms. The smallest absolute Gasteiger partial charge is 0.193 e. The number of para-hydroxylation sites is 1. The van der Waals surface area contributed by atoms with Gasteiger partial charge in [-0.2, -0.15) is 0 Å². The molecule has 6 heteroatoms. The Morgan fingerprint density at radius 3 is 2.43 bits per heavy atom. The summed E-state index contributed by atoms with van der Waals surface area (Å²) in [7, 11) is 3.79. The van der Waals surface area contributed by atoms with Crippen LogP contribution in [0.25, 0.3) is 0 Å². The average Bonchev–Trinajstić information content (AvgIpc) is 2.78. The minimum Gasteiger partial charge on any atom is -0.496 e. The zero-order valence-corrected chi connectivity index (χ0v) is 20.6. The Labute approximate surface area is 197 Å². The van der Waals surface area contributed by atoms with Crippen LogP contribution in [-0.4, -0.2) is 51.3 Å². The van der Waals surface area contributed by atoms with Crippen molar-refractivity contribution in [2.24, 2.45) is 4.99 Å². The summed E-state index contributed by atoms with van der Waals surface area (Å²) in [6.07, 6.45) is 1.99. The summed E-state index contributed by atoms with van der Waals surface area (Å²) < 4.78 is 11.2. The minimum absolute atomic E-state index is 0. The largest absolute Gasteiger partial charge is 0.496 e. The van der Waals surface area contributed by atoms with E-state index in [1.54, 1.807) is 7.11 Å². The van der Waals surface area contributed by atoms with Gasteiger partial charge in [-0.15, -0.1) is 24.0 Å². The standard InChI is InChI=1S/C24H33N3O2.HI/c1-4-25-23(27(2)18-20-10-8-9-13-22(20)28-3)26-19-24(14-16-29-17-15-24)21-11-6-5-7-12-21;/h5-13H,4,14-19H2,1-3H3,(H,25,26);1H. The number of rotatable bonds is 7. The number of aliphatic imine (C=N–C) groups is 1. The molecule has 164 valence electrons. The van der Waals surface area contributed by atoms with Crippen molar-refractivity contribution in [1.29, 1.82) is 0 Å². The lowest BCUT2D eigenvalue weighted by atomic mass is 9.74. The van der Waals surface area contributed by atoms with Crippen LogP contribution in [0.4, 0.5) is 0 Å². The summed E-state index contributed by atoms with van der Waals surface area (Å²) in [5, 5.41) is 3.45. The van der Waals surface area contributed by atoms with E-state index in [9.17, 15) is 0 Å². The zero-order chi connectivity index (χ0) is 20.5. The first-order valence-electron chi connectivity index (χ1n) is 10.4. The molecular weight excluding hydrogens is 489 g/mol. The zero-order valence-electron chi connectivity index (χ0n) is 18.3. The van der Waals surface area contributed by atoms with Gasteiger partial charge in [-0.1, -0.05) is 48.5 Å². The van der Waals surface area contributed by atoms with E-state index in [4.69, 9.17) is 14.5 Å². The van der Waals surface area contributed by atoms with Crippen molar-refractivity contribution in [2.45, 2.75) is 31.7 Å². The van der Waals surface area contributed by atoms with Crippen molar-refractivity contribution in [2.75, 3.05) is 40.5 Å². The molecule has 5 nitrogen and oxygen atoms in total. The molecule has 1 heterocycles. The Hall–Kier alpha value is -1.80. The number of hydrogen-bond acceptors (Lipinski definition) is 3. The molecule has 0 spiro atoms. The second-order valence-corrected chi connectivity index (χ2v) is 7.60. The third-order valence-corrected chi connectivity index (χ3v) is 5.66. The van der Waals surface area contributed by atoms with Crippen LogP contribution in [0.2, 0.25) is 0 Å². The van der Waals surface area contributed by atoms with Gasteiger partial charge in [0.1, 0.15) is 5.75 Å². The number of nitrogens with one attached hydrogen (secondary N) is 1. The van der Waals surface area contributed by atoms with E-state index in [0.29, 0.717) is 0 Å². The Balaban J connectivity index is 0.00000320. The van der Waals surface area contributed by atoms with Gasteiger partial charge in [0.2, 0.25) is 0 Å². The molecule has 1 N–H and O–H groups in total. The van der Waals surface area contributed by atoms with Crippen LogP contribution in [0, 0.1) is 0 Å². The van der Waals surface area contributed by atoms with E-state index < -0.39 is 0 Å². The number of guanidine groups is 1.